The van der Waals surface area contributed by atoms with Gasteiger partial charge in [-0.2, -0.15) is 0 Å². The summed E-state index contributed by atoms with van der Waals surface area (Å²) in [5.41, 5.74) is 6.84. The lowest BCUT2D eigenvalue weighted by molar-refractivity contribution is -0.140. The predicted molar refractivity (Wildman–Crippen MR) is 104 cm³/mol. The van der Waals surface area contributed by atoms with Crippen molar-refractivity contribution in [2.45, 2.75) is 44.8 Å². The second-order valence-corrected chi connectivity index (χ2v) is 7.60. The van der Waals surface area contributed by atoms with E-state index in [1.807, 2.05) is 0 Å². The molecule has 2 fully saturated rings. The lowest BCUT2D eigenvalue weighted by atomic mass is 9.95. The first-order valence-corrected chi connectivity index (χ1v) is 10.1. The van der Waals surface area contributed by atoms with E-state index in [0.717, 1.165) is 71.4 Å². The smallest absolute Gasteiger partial charge is 0.226 e. The number of rotatable bonds is 7. The minimum absolute atomic E-state index is 0.155. The first-order valence-electron chi connectivity index (χ1n) is 10.1. The van der Waals surface area contributed by atoms with Crippen LogP contribution in [0.5, 0.6) is 0 Å². The molecule has 0 bridgehead atoms. The largest absolute Gasteiger partial charge is 0.378 e. The van der Waals surface area contributed by atoms with E-state index < -0.39 is 0 Å². The van der Waals surface area contributed by atoms with Crippen LogP contribution in [0, 0.1) is 5.92 Å². The van der Waals surface area contributed by atoms with E-state index in [2.05, 4.69) is 40.1 Å². The summed E-state index contributed by atoms with van der Waals surface area (Å²) in [7, 11) is 0. The molecule has 3 rings (SSSR count). The third-order valence-electron chi connectivity index (χ3n) is 5.56. The van der Waals surface area contributed by atoms with Crippen molar-refractivity contribution in [3.05, 3.63) is 35.9 Å². The van der Waals surface area contributed by atoms with E-state index in [1.54, 1.807) is 0 Å². The molecule has 2 N–H and O–H groups in total. The molecule has 0 radical (unpaired) electrons. The molecule has 5 heteroatoms. The number of nitrogens with zero attached hydrogens (tertiary/aromatic N) is 2. The maximum absolute atomic E-state index is 13.0. The Morgan fingerprint density at radius 1 is 1.12 bits per heavy atom. The van der Waals surface area contributed by atoms with Gasteiger partial charge in [0.25, 0.3) is 0 Å². The normalized spacial score (nSPS) is 22.5. The van der Waals surface area contributed by atoms with Crippen molar-refractivity contribution in [1.29, 1.82) is 0 Å². The van der Waals surface area contributed by atoms with Gasteiger partial charge in [0.2, 0.25) is 5.91 Å². The van der Waals surface area contributed by atoms with E-state index in [-0.39, 0.29) is 5.92 Å². The summed E-state index contributed by atoms with van der Waals surface area (Å²) >= 11 is 0. The van der Waals surface area contributed by atoms with Gasteiger partial charge in [0, 0.05) is 32.8 Å². The Labute approximate surface area is 157 Å². The minimum Gasteiger partial charge on any atom is -0.378 e. The Kier molecular flexibility index (Phi) is 7.47. The molecule has 1 aromatic rings. The van der Waals surface area contributed by atoms with Gasteiger partial charge in [0.1, 0.15) is 0 Å². The van der Waals surface area contributed by atoms with Crippen LogP contribution in [-0.2, 0) is 16.1 Å². The van der Waals surface area contributed by atoms with Crippen LogP contribution in [0.3, 0.4) is 0 Å². The topological polar surface area (TPSA) is 58.8 Å². The molecule has 1 aromatic carbocycles. The first kappa shape index (κ1) is 19.3. The Balaban J connectivity index is 1.44. The molecule has 2 aliphatic rings. The van der Waals surface area contributed by atoms with Gasteiger partial charge in [-0.05, 0) is 50.8 Å². The third kappa shape index (κ3) is 5.53. The number of carbonyl (C=O) groups excluding carboxylic acids is 1. The predicted octanol–water partition coefficient (Wildman–Crippen LogP) is 2.26. The number of piperidine rings is 2. The highest BCUT2D eigenvalue weighted by Crippen LogP contribution is 2.23. The monoisotopic (exact) mass is 359 g/mol. The standard InChI is InChI=1S/C21H33N3O2/c22-11-5-15-26-20-9-13-24(14-10-20)21(25)19-8-4-12-23(17-19)16-18-6-2-1-3-7-18/h1-3,6-7,19-20H,4-5,8-17,22H2. The summed E-state index contributed by atoms with van der Waals surface area (Å²) in [6.07, 6.45) is 5.26. The molecule has 0 spiro atoms. The number of amides is 1. The summed E-state index contributed by atoms with van der Waals surface area (Å²) < 4.78 is 5.85. The zero-order valence-electron chi connectivity index (χ0n) is 15.8. The molecular weight excluding hydrogens is 326 g/mol. The van der Waals surface area contributed by atoms with Crippen LogP contribution < -0.4 is 5.73 Å². The fourth-order valence-electron chi connectivity index (χ4n) is 4.08. The van der Waals surface area contributed by atoms with Crippen LogP contribution in [-0.4, -0.2) is 61.1 Å². The van der Waals surface area contributed by atoms with Crippen molar-refractivity contribution in [1.82, 2.24) is 9.80 Å². The maximum atomic E-state index is 13.0. The van der Waals surface area contributed by atoms with Gasteiger partial charge in [-0.25, -0.2) is 0 Å². The first-order chi connectivity index (χ1) is 12.8. The van der Waals surface area contributed by atoms with Crippen molar-refractivity contribution < 1.29 is 9.53 Å². The number of hydrogen-bond acceptors (Lipinski definition) is 4. The second-order valence-electron chi connectivity index (χ2n) is 7.60. The molecule has 0 saturated carbocycles. The van der Waals surface area contributed by atoms with Crippen LogP contribution in [0.2, 0.25) is 0 Å². The van der Waals surface area contributed by atoms with Crippen molar-refractivity contribution in [2.24, 2.45) is 11.7 Å². The lowest BCUT2D eigenvalue weighted by Gasteiger charge is -2.37. The Hall–Kier alpha value is -1.43. The minimum atomic E-state index is 0.155. The van der Waals surface area contributed by atoms with Crippen molar-refractivity contribution in [3.63, 3.8) is 0 Å². The SMILES string of the molecule is NCCCOC1CCN(C(=O)C2CCCN(Cc3ccccc3)C2)CC1. The van der Waals surface area contributed by atoms with E-state index in [9.17, 15) is 4.79 Å². The van der Waals surface area contributed by atoms with Gasteiger partial charge >= 0.3 is 0 Å². The van der Waals surface area contributed by atoms with Gasteiger partial charge in [0.15, 0.2) is 0 Å². The molecule has 1 amide bonds. The molecule has 0 aliphatic carbocycles. The number of carbonyl (C=O) groups is 1. The Morgan fingerprint density at radius 2 is 1.88 bits per heavy atom. The van der Waals surface area contributed by atoms with E-state index in [0.29, 0.717) is 18.6 Å². The molecular formula is C21H33N3O2. The molecule has 0 aromatic heterocycles. The van der Waals surface area contributed by atoms with Crippen LogP contribution in [0.15, 0.2) is 30.3 Å². The zero-order chi connectivity index (χ0) is 18.2. The lowest BCUT2D eigenvalue weighted by Crippen LogP contribution is -2.48. The second kappa shape index (κ2) is 10.0. The number of benzene rings is 1. The molecule has 5 nitrogen and oxygen atoms in total. The van der Waals surface area contributed by atoms with Crippen LogP contribution in [0.4, 0.5) is 0 Å². The van der Waals surface area contributed by atoms with Crippen molar-refractivity contribution >= 4 is 5.91 Å². The summed E-state index contributed by atoms with van der Waals surface area (Å²) in [4.78, 5) is 17.5. The quantitative estimate of drug-likeness (QED) is 0.759. The van der Waals surface area contributed by atoms with E-state index in [4.69, 9.17) is 10.5 Å². The highest BCUT2D eigenvalue weighted by atomic mass is 16.5. The van der Waals surface area contributed by atoms with Crippen LogP contribution in [0.1, 0.15) is 37.7 Å². The van der Waals surface area contributed by atoms with Crippen molar-refractivity contribution in [2.75, 3.05) is 39.3 Å². The summed E-state index contributed by atoms with van der Waals surface area (Å²) in [5.74, 6) is 0.505. The van der Waals surface area contributed by atoms with Crippen LogP contribution in [0.25, 0.3) is 0 Å². The van der Waals surface area contributed by atoms with Crippen molar-refractivity contribution in [3.8, 4) is 0 Å². The summed E-state index contributed by atoms with van der Waals surface area (Å²) in [6, 6.07) is 10.6. The Bertz CT molecular complexity index is 543. The molecule has 1 unspecified atom stereocenters. The molecule has 2 heterocycles. The highest BCUT2D eigenvalue weighted by Gasteiger charge is 2.31. The summed E-state index contributed by atoms with van der Waals surface area (Å²) in [5, 5.41) is 0. The number of ether oxygens (including phenoxy) is 1. The molecule has 2 aliphatic heterocycles. The fourth-order valence-corrected chi connectivity index (χ4v) is 4.08. The molecule has 1 atom stereocenters. The zero-order valence-corrected chi connectivity index (χ0v) is 15.8. The summed E-state index contributed by atoms with van der Waals surface area (Å²) in [6.45, 7) is 6.02. The number of nitrogens with two attached hydrogens (primary N) is 1. The van der Waals surface area contributed by atoms with Gasteiger partial charge in [-0.15, -0.1) is 0 Å². The number of likely N-dealkylation sites (tertiary alicyclic amines) is 2. The van der Waals surface area contributed by atoms with Gasteiger partial charge < -0.3 is 15.4 Å². The average Bonchev–Trinajstić information content (AvgIpc) is 2.69. The van der Waals surface area contributed by atoms with Gasteiger partial charge in [-0.3, -0.25) is 9.69 Å². The Morgan fingerprint density at radius 3 is 2.62 bits per heavy atom. The van der Waals surface area contributed by atoms with E-state index in [1.165, 1.54) is 5.56 Å². The average molecular weight is 360 g/mol. The molecule has 26 heavy (non-hydrogen) atoms. The molecule has 2 saturated heterocycles. The van der Waals surface area contributed by atoms with Crippen LogP contribution >= 0.6 is 0 Å². The number of hydrogen-bond donors (Lipinski definition) is 1. The van der Waals surface area contributed by atoms with Gasteiger partial charge in [0.05, 0.1) is 12.0 Å². The third-order valence-corrected chi connectivity index (χ3v) is 5.56. The van der Waals surface area contributed by atoms with E-state index >= 15 is 0 Å². The fraction of sp³-hybridized carbons (Fsp3) is 0.667. The van der Waals surface area contributed by atoms with Gasteiger partial charge in [-0.1, -0.05) is 30.3 Å². The maximum Gasteiger partial charge on any atom is 0.226 e. The highest BCUT2D eigenvalue weighted by molar-refractivity contribution is 5.79. The molecule has 144 valence electrons.